The van der Waals surface area contributed by atoms with Crippen LogP contribution in [-0.2, 0) is 0 Å². The molecular formula is C11H14N4O2S. The van der Waals surface area contributed by atoms with E-state index in [1.807, 2.05) is 0 Å². The zero-order valence-electron chi connectivity index (χ0n) is 10.0. The predicted octanol–water partition coefficient (Wildman–Crippen LogP) is 2.91. The van der Waals surface area contributed by atoms with E-state index in [-0.39, 0.29) is 10.7 Å². The summed E-state index contributed by atoms with van der Waals surface area (Å²) in [5.41, 5.74) is 0.338. The zero-order chi connectivity index (χ0) is 12.8. The standard InChI is InChI=1S/C11H14N4O2S/c1-2-11(3-4-11)7-12-8-9(15(16)17)14-5-6-18-10(14)13-8/h5-6,12H,2-4,7H2,1H3. The van der Waals surface area contributed by atoms with Crippen molar-refractivity contribution >= 4 is 27.9 Å². The largest absolute Gasteiger partial charge is 0.372 e. The highest BCUT2D eigenvalue weighted by Crippen LogP contribution is 2.48. The van der Waals surface area contributed by atoms with E-state index >= 15 is 0 Å². The average molecular weight is 266 g/mol. The number of anilines is 1. The van der Waals surface area contributed by atoms with Crippen LogP contribution in [0.3, 0.4) is 0 Å². The Morgan fingerprint density at radius 3 is 3.06 bits per heavy atom. The highest BCUT2D eigenvalue weighted by Gasteiger charge is 2.41. The van der Waals surface area contributed by atoms with Crippen molar-refractivity contribution in [3.63, 3.8) is 0 Å². The Hall–Kier alpha value is -1.63. The summed E-state index contributed by atoms with van der Waals surface area (Å²) in [6, 6.07) is 0. The first-order chi connectivity index (χ1) is 8.65. The molecule has 0 aliphatic heterocycles. The lowest BCUT2D eigenvalue weighted by Crippen LogP contribution is -2.15. The minimum Gasteiger partial charge on any atom is -0.362 e. The van der Waals surface area contributed by atoms with Gasteiger partial charge in [0.15, 0.2) is 0 Å². The molecule has 2 aromatic heterocycles. The first-order valence-corrected chi connectivity index (χ1v) is 6.87. The molecule has 1 saturated carbocycles. The third-order valence-electron chi connectivity index (χ3n) is 3.75. The fourth-order valence-electron chi connectivity index (χ4n) is 2.17. The van der Waals surface area contributed by atoms with Gasteiger partial charge < -0.3 is 15.4 Å². The van der Waals surface area contributed by atoms with Crippen LogP contribution < -0.4 is 5.32 Å². The second-order valence-corrected chi connectivity index (χ2v) is 5.68. The maximum absolute atomic E-state index is 11.1. The number of nitrogens with one attached hydrogen (secondary N) is 1. The van der Waals surface area contributed by atoms with Gasteiger partial charge in [0.05, 0.1) is 0 Å². The second kappa shape index (κ2) is 3.94. The molecule has 0 unspecified atom stereocenters. The van der Waals surface area contributed by atoms with Crippen molar-refractivity contribution in [1.82, 2.24) is 9.38 Å². The molecule has 0 aromatic carbocycles. The molecule has 2 heterocycles. The van der Waals surface area contributed by atoms with Gasteiger partial charge in [-0.05, 0) is 29.6 Å². The van der Waals surface area contributed by atoms with E-state index in [0.717, 1.165) is 13.0 Å². The van der Waals surface area contributed by atoms with Crippen LogP contribution in [0.2, 0.25) is 0 Å². The third kappa shape index (κ3) is 1.74. The molecule has 7 heteroatoms. The SMILES string of the molecule is CCC1(CNc2nc3sccn3c2[N+](=O)[O-])CC1. The summed E-state index contributed by atoms with van der Waals surface area (Å²) in [7, 11) is 0. The average Bonchev–Trinajstić information content (AvgIpc) is 2.83. The van der Waals surface area contributed by atoms with Gasteiger partial charge in [-0.3, -0.25) is 0 Å². The molecule has 1 aliphatic carbocycles. The summed E-state index contributed by atoms with van der Waals surface area (Å²) in [5.74, 6) is 0.435. The smallest absolute Gasteiger partial charge is 0.362 e. The number of hydrogen-bond acceptors (Lipinski definition) is 5. The normalized spacial score (nSPS) is 16.9. The van der Waals surface area contributed by atoms with Crippen LogP contribution in [0.15, 0.2) is 11.6 Å². The maximum atomic E-state index is 11.1. The summed E-state index contributed by atoms with van der Waals surface area (Å²) in [6.45, 7) is 2.93. The third-order valence-corrected chi connectivity index (χ3v) is 4.50. The Morgan fingerprint density at radius 2 is 2.44 bits per heavy atom. The van der Waals surface area contributed by atoms with Crippen LogP contribution in [0.25, 0.3) is 4.96 Å². The topological polar surface area (TPSA) is 72.5 Å². The van der Waals surface area contributed by atoms with Gasteiger partial charge in [-0.1, -0.05) is 18.3 Å². The monoisotopic (exact) mass is 266 g/mol. The highest BCUT2D eigenvalue weighted by molar-refractivity contribution is 7.15. The van der Waals surface area contributed by atoms with E-state index < -0.39 is 0 Å². The van der Waals surface area contributed by atoms with Crippen molar-refractivity contribution in [2.45, 2.75) is 26.2 Å². The molecular weight excluding hydrogens is 252 g/mol. The minimum atomic E-state index is -0.374. The number of hydrogen-bond donors (Lipinski definition) is 1. The van der Waals surface area contributed by atoms with E-state index in [0.29, 0.717) is 16.2 Å². The van der Waals surface area contributed by atoms with Crippen LogP contribution in [-0.4, -0.2) is 20.9 Å². The van der Waals surface area contributed by atoms with E-state index in [2.05, 4.69) is 17.2 Å². The number of rotatable bonds is 5. The van der Waals surface area contributed by atoms with Crippen molar-refractivity contribution in [2.75, 3.05) is 11.9 Å². The lowest BCUT2D eigenvalue weighted by Gasteiger charge is -2.12. The number of thiazole rings is 1. The van der Waals surface area contributed by atoms with Gasteiger partial charge in [0.2, 0.25) is 5.82 Å². The zero-order valence-corrected chi connectivity index (χ0v) is 10.9. The number of aromatic nitrogens is 2. The molecule has 96 valence electrons. The van der Waals surface area contributed by atoms with Gasteiger partial charge in [0.1, 0.15) is 6.20 Å². The van der Waals surface area contributed by atoms with Crippen LogP contribution in [0, 0.1) is 15.5 Å². The second-order valence-electron chi connectivity index (χ2n) is 4.80. The van der Waals surface area contributed by atoms with Crippen molar-refractivity contribution in [1.29, 1.82) is 0 Å². The minimum absolute atomic E-state index is 0.0400. The highest BCUT2D eigenvalue weighted by atomic mass is 32.1. The summed E-state index contributed by atoms with van der Waals surface area (Å²) >= 11 is 1.40. The molecule has 1 aliphatic rings. The maximum Gasteiger partial charge on any atom is 0.372 e. The van der Waals surface area contributed by atoms with Gasteiger partial charge in [0, 0.05) is 11.9 Å². The van der Waals surface area contributed by atoms with Crippen molar-refractivity contribution in [2.24, 2.45) is 5.41 Å². The number of fused-ring (bicyclic) bond motifs is 1. The van der Waals surface area contributed by atoms with Gasteiger partial charge >= 0.3 is 5.82 Å². The molecule has 0 saturated heterocycles. The Morgan fingerprint density at radius 1 is 1.67 bits per heavy atom. The van der Waals surface area contributed by atoms with Crippen LogP contribution in [0.1, 0.15) is 26.2 Å². The lowest BCUT2D eigenvalue weighted by molar-refractivity contribution is -0.389. The molecule has 3 rings (SSSR count). The molecule has 0 bridgehead atoms. The van der Waals surface area contributed by atoms with Crippen LogP contribution in [0.5, 0.6) is 0 Å². The fourth-order valence-corrected chi connectivity index (χ4v) is 2.88. The molecule has 1 fully saturated rings. The summed E-state index contributed by atoms with van der Waals surface area (Å²) in [5, 5.41) is 16.1. The number of nitro groups is 1. The quantitative estimate of drug-likeness (QED) is 0.667. The Balaban J connectivity index is 1.88. The molecule has 0 amide bonds. The first kappa shape index (κ1) is 11.5. The Bertz CT molecular complexity index is 599. The molecule has 18 heavy (non-hydrogen) atoms. The van der Waals surface area contributed by atoms with Gasteiger partial charge in [0.25, 0.3) is 4.96 Å². The first-order valence-electron chi connectivity index (χ1n) is 5.99. The van der Waals surface area contributed by atoms with Crippen molar-refractivity contribution in [3.8, 4) is 0 Å². The number of nitrogens with zero attached hydrogens (tertiary/aromatic N) is 3. The molecule has 0 radical (unpaired) electrons. The van der Waals surface area contributed by atoms with Gasteiger partial charge in [-0.2, -0.15) is 9.38 Å². The van der Waals surface area contributed by atoms with E-state index in [1.165, 1.54) is 28.6 Å². The summed E-state index contributed by atoms with van der Waals surface area (Å²) < 4.78 is 1.53. The van der Waals surface area contributed by atoms with E-state index in [4.69, 9.17) is 0 Å². The van der Waals surface area contributed by atoms with Crippen molar-refractivity contribution in [3.05, 3.63) is 21.7 Å². The lowest BCUT2D eigenvalue weighted by atomic mass is 10.0. The fraction of sp³-hybridized carbons (Fsp3) is 0.545. The molecule has 0 atom stereocenters. The molecule has 0 spiro atoms. The van der Waals surface area contributed by atoms with Crippen LogP contribution >= 0.6 is 11.3 Å². The predicted molar refractivity (Wildman–Crippen MR) is 70.2 cm³/mol. The van der Waals surface area contributed by atoms with E-state index in [9.17, 15) is 10.1 Å². The van der Waals surface area contributed by atoms with Gasteiger partial charge in [-0.25, -0.2) is 0 Å². The molecule has 6 nitrogen and oxygen atoms in total. The molecule has 1 N–H and O–H groups in total. The van der Waals surface area contributed by atoms with Crippen molar-refractivity contribution < 1.29 is 4.92 Å². The Labute approximate surface area is 108 Å². The van der Waals surface area contributed by atoms with Crippen LogP contribution in [0.4, 0.5) is 11.6 Å². The summed E-state index contributed by atoms with van der Waals surface area (Å²) in [6.07, 6.45) is 5.19. The summed E-state index contributed by atoms with van der Waals surface area (Å²) in [4.78, 5) is 15.7. The van der Waals surface area contributed by atoms with E-state index in [1.54, 1.807) is 11.6 Å². The number of imidazole rings is 1. The van der Waals surface area contributed by atoms with Gasteiger partial charge in [-0.15, -0.1) is 0 Å². The Kier molecular flexibility index (Phi) is 2.51. The molecule has 2 aromatic rings.